The van der Waals surface area contributed by atoms with Crippen LogP contribution in [0.5, 0.6) is 11.6 Å². The number of carbonyl (C=O) groups excluding carboxylic acids is 1. The Morgan fingerprint density at radius 3 is 2.83 bits per heavy atom. The van der Waals surface area contributed by atoms with E-state index < -0.39 is 0 Å². The van der Waals surface area contributed by atoms with Gasteiger partial charge >= 0.3 is 0 Å². The molecule has 35 heavy (non-hydrogen) atoms. The molecule has 0 unspecified atom stereocenters. The number of nitrogens with zero attached hydrogens (tertiary/aromatic N) is 2. The van der Waals surface area contributed by atoms with Gasteiger partial charge in [-0.25, -0.2) is 9.97 Å². The van der Waals surface area contributed by atoms with Gasteiger partial charge in [0.05, 0.1) is 17.8 Å². The van der Waals surface area contributed by atoms with Crippen LogP contribution in [0.4, 0.5) is 0 Å². The van der Waals surface area contributed by atoms with Gasteiger partial charge in [0.2, 0.25) is 5.88 Å². The molecule has 3 aromatic rings. The van der Waals surface area contributed by atoms with E-state index in [-0.39, 0.29) is 12.5 Å². The summed E-state index contributed by atoms with van der Waals surface area (Å²) in [6.07, 6.45) is 6.77. The Kier molecular flexibility index (Phi) is 8.90. The minimum atomic E-state index is -0.115. The number of carbonyl (C=O) groups is 1. The SMILES string of the molecule is CCCCOc1c(C)c(COc2cc(C(=O)NCCC3CCOCC3)ccn2)nc2ccccc12. The molecule has 7 heteroatoms. The first-order valence-electron chi connectivity index (χ1n) is 12.6. The smallest absolute Gasteiger partial charge is 0.251 e. The molecule has 1 aliphatic heterocycles. The van der Waals surface area contributed by atoms with Crippen LogP contribution in [0.1, 0.15) is 60.6 Å². The Labute approximate surface area is 207 Å². The van der Waals surface area contributed by atoms with E-state index in [0.717, 1.165) is 73.2 Å². The van der Waals surface area contributed by atoms with Gasteiger partial charge in [0, 0.05) is 48.5 Å². The average molecular weight is 478 g/mol. The van der Waals surface area contributed by atoms with Crippen LogP contribution in [-0.4, -0.2) is 42.2 Å². The molecule has 7 nitrogen and oxygen atoms in total. The molecule has 4 rings (SSSR count). The molecule has 0 bridgehead atoms. The van der Waals surface area contributed by atoms with Crippen LogP contribution in [0.3, 0.4) is 0 Å². The van der Waals surface area contributed by atoms with Crippen LogP contribution in [0.15, 0.2) is 42.6 Å². The molecule has 1 amide bonds. The highest BCUT2D eigenvalue weighted by Crippen LogP contribution is 2.31. The lowest BCUT2D eigenvalue weighted by Crippen LogP contribution is -2.27. The monoisotopic (exact) mass is 477 g/mol. The number of rotatable bonds is 11. The van der Waals surface area contributed by atoms with Gasteiger partial charge in [-0.3, -0.25) is 4.79 Å². The number of amides is 1. The molecule has 1 fully saturated rings. The molecule has 1 N–H and O–H groups in total. The van der Waals surface area contributed by atoms with E-state index in [4.69, 9.17) is 19.2 Å². The van der Waals surface area contributed by atoms with Crippen molar-refractivity contribution in [3.8, 4) is 11.6 Å². The van der Waals surface area contributed by atoms with Crippen molar-refractivity contribution in [1.29, 1.82) is 0 Å². The van der Waals surface area contributed by atoms with Gasteiger partial charge in [-0.1, -0.05) is 25.5 Å². The van der Waals surface area contributed by atoms with E-state index in [9.17, 15) is 4.79 Å². The Bertz CT molecular complexity index is 1130. The van der Waals surface area contributed by atoms with Crippen molar-refractivity contribution in [3.63, 3.8) is 0 Å². The topological polar surface area (TPSA) is 82.6 Å². The van der Waals surface area contributed by atoms with Crippen molar-refractivity contribution >= 4 is 16.8 Å². The highest BCUT2D eigenvalue weighted by Gasteiger charge is 2.16. The van der Waals surface area contributed by atoms with Crippen LogP contribution in [0.25, 0.3) is 10.9 Å². The third-order valence-electron chi connectivity index (χ3n) is 6.45. The number of fused-ring (bicyclic) bond motifs is 1. The molecule has 0 atom stereocenters. The van der Waals surface area contributed by atoms with Gasteiger partial charge in [-0.2, -0.15) is 0 Å². The summed E-state index contributed by atoms with van der Waals surface area (Å²) in [5, 5.41) is 4.02. The summed E-state index contributed by atoms with van der Waals surface area (Å²) in [6, 6.07) is 11.4. The van der Waals surface area contributed by atoms with Crippen molar-refractivity contribution < 1.29 is 19.0 Å². The molecule has 1 aliphatic rings. The Balaban J connectivity index is 1.40. The maximum absolute atomic E-state index is 12.6. The minimum absolute atomic E-state index is 0.115. The number of para-hydroxylation sites is 1. The number of hydrogen-bond acceptors (Lipinski definition) is 6. The van der Waals surface area contributed by atoms with Crippen LogP contribution in [0.2, 0.25) is 0 Å². The largest absolute Gasteiger partial charge is 0.493 e. The first-order valence-corrected chi connectivity index (χ1v) is 12.6. The molecule has 2 aromatic heterocycles. The third-order valence-corrected chi connectivity index (χ3v) is 6.45. The quantitative estimate of drug-likeness (QED) is 0.380. The normalized spacial score (nSPS) is 14.1. The molecule has 0 aliphatic carbocycles. The Hall–Kier alpha value is -3.19. The highest BCUT2D eigenvalue weighted by atomic mass is 16.5. The van der Waals surface area contributed by atoms with Crippen molar-refractivity contribution in [3.05, 3.63) is 59.4 Å². The molecule has 1 aromatic carbocycles. The molecule has 0 spiro atoms. The average Bonchev–Trinajstić information content (AvgIpc) is 2.89. The lowest BCUT2D eigenvalue weighted by atomic mass is 9.97. The summed E-state index contributed by atoms with van der Waals surface area (Å²) in [6.45, 7) is 7.36. The fraction of sp³-hybridized carbons (Fsp3) is 0.464. The number of benzene rings is 1. The summed E-state index contributed by atoms with van der Waals surface area (Å²) in [5.74, 6) is 1.75. The van der Waals surface area contributed by atoms with Gasteiger partial charge in [-0.15, -0.1) is 0 Å². The second kappa shape index (κ2) is 12.5. The zero-order valence-electron chi connectivity index (χ0n) is 20.7. The predicted molar refractivity (Wildman–Crippen MR) is 136 cm³/mol. The third kappa shape index (κ3) is 6.69. The summed E-state index contributed by atoms with van der Waals surface area (Å²) in [7, 11) is 0. The molecule has 186 valence electrons. The zero-order valence-corrected chi connectivity index (χ0v) is 20.7. The Morgan fingerprint density at radius 1 is 1.17 bits per heavy atom. The standard InChI is InChI=1S/C28H35N3O4/c1-3-4-15-34-27-20(2)25(31-24-8-6-5-7-23(24)27)19-35-26-18-22(10-14-29-26)28(32)30-13-9-21-11-16-33-17-12-21/h5-8,10,14,18,21H,3-4,9,11-13,15-17,19H2,1-2H3,(H,30,32). The second-order valence-corrected chi connectivity index (χ2v) is 9.00. The first kappa shape index (κ1) is 24.9. The number of pyridine rings is 2. The molecular weight excluding hydrogens is 442 g/mol. The van der Waals surface area contributed by atoms with E-state index >= 15 is 0 Å². The molecule has 3 heterocycles. The summed E-state index contributed by atoms with van der Waals surface area (Å²) in [4.78, 5) is 21.7. The second-order valence-electron chi connectivity index (χ2n) is 9.00. The zero-order chi connectivity index (χ0) is 24.5. The number of nitrogens with one attached hydrogen (secondary N) is 1. The van der Waals surface area contributed by atoms with Gasteiger partial charge in [0.1, 0.15) is 12.4 Å². The van der Waals surface area contributed by atoms with E-state index in [1.807, 2.05) is 31.2 Å². The lowest BCUT2D eigenvalue weighted by Gasteiger charge is -2.21. The van der Waals surface area contributed by atoms with E-state index in [1.165, 1.54) is 0 Å². The van der Waals surface area contributed by atoms with Crippen LogP contribution < -0.4 is 14.8 Å². The first-order chi connectivity index (χ1) is 17.2. The van der Waals surface area contributed by atoms with E-state index in [2.05, 4.69) is 17.2 Å². The van der Waals surface area contributed by atoms with Crippen molar-refractivity contribution in [2.45, 2.75) is 52.6 Å². The molecule has 0 radical (unpaired) electrons. The molecule has 1 saturated heterocycles. The summed E-state index contributed by atoms with van der Waals surface area (Å²) >= 11 is 0. The van der Waals surface area contributed by atoms with Gasteiger partial charge in [0.15, 0.2) is 0 Å². The van der Waals surface area contributed by atoms with Crippen molar-refractivity contribution in [2.75, 3.05) is 26.4 Å². The fourth-order valence-electron chi connectivity index (χ4n) is 4.27. The summed E-state index contributed by atoms with van der Waals surface area (Å²) < 4.78 is 17.5. The van der Waals surface area contributed by atoms with Crippen molar-refractivity contribution in [1.82, 2.24) is 15.3 Å². The minimum Gasteiger partial charge on any atom is -0.493 e. The van der Waals surface area contributed by atoms with E-state index in [0.29, 0.717) is 30.5 Å². The number of ether oxygens (including phenoxy) is 3. The van der Waals surface area contributed by atoms with Gasteiger partial charge in [-0.05, 0) is 56.7 Å². The van der Waals surface area contributed by atoms with Crippen LogP contribution >= 0.6 is 0 Å². The lowest BCUT2D eigenvalue weighted by molar-refractivity contribution is 0.0636. The number of hydrogen-bond donors (Lipinski definition) is 1. The number of unbranched alkanes of at least 4 members (excludes halogenated alkanes) is 1. The van der Waals surface area contributed by atoms with Crippen LogP contribution in [-0.2, 0) is 11.3 Å². The molecular formula is C28H35N3O4. The fourth-order valence-corrected chi connectivity index (χ4v) is 4.27. The van der Waals surface area contributed by atoms with Crippen molar-refractivity contribution in [2.24, 2.45) is 5.92 Å². The number of aromatic nitrogens is 2. The van der Waals surface area contributed by atoms with E-state index in [1.54, 1.807) is 18.3 Å². The Morgan fingerprint density at radius 2 is 2.00 bits per heavy atom. The maximum atomic E-state index is 12.6. The van der Waals surface area contributed by atoms with Gasteiger partial charge < -0.3 is 19.5 Å². The van der Waals surface area contributed by atoms with Gasteiger partial charge in [0.25, 0.3) is 5.91 Å². The van der Waals surface area contributed by atoms with Crippen LogP contribution in [0, 0.1) is 12.8 Å². The maximum Gasteiger partial charge on any atom is 0.251 e. The predicted octanol–water partition coefficient (Wildman–Crippen LogP) is 5.24. The summed E-state index contributed by atoms with van der Waals surface area (Å²) in [5.41, 5.74) is 3.16. The molecule has 0 saturated carbocycles. The highest BCUT2D eigenvalue weighted by molar-refractivity contribution is 5.94.